The minimum atomic E-state index is -4.92. The van der Waals surface area contributed by atoms with Crippen molar-refractivity contribution in [2.45, 2.75) is 32.7 Å². The lowest BCUT2D eigenvalue weighted by Gasteiger charge is -2.13. The number of primary amides is 1. The van der Waals surface area contributed by atoms with Crippen molar-refractivity contribution in [3.8, 4) is 22.4 Å². The quantitative estimate of drug-likeness (QED) is 0.170. The van der Waals surface area contributed by atoms with Crippen LogP contribution >= 0.6 is 11.3 Å². The Bertz CT molecular complexity index is 2510. The lowest BCUT2D eigenvalue weighted by molar-refractivity contribution is -0.143. The minimum Gasteiger partial charge on any atom is -0.365 e. The van der Waals surface area contributed by atoms with Gasteiger partial charge in [-0.3, -0.25) is 14.3 Å². The fraction of sp³-hybridized carbons (Fsp3) is 0.152. The van der Waals surface area contributed by atoms with Gasteiger partial charge in [-0.1, -0.05) is 42.5 Å². The van der Waals surface area contributed by atoms with Crippen molar-refractivity contribution in [3.05, 3.63) is 94.5 Å². The molecule has 0 atom stereocenters. The highest BCUT2D eigenvalue weighted by molar-refractivity contribution is 7.21. The molecule has 254 valence electrons. The SMILES string of the molecule is CCn1ncc(-c2cc(C(F)(F)F)nc3sc(C(N)=O)c(NC(=O)c4cnn5c(C(F)(F)F)cc(-c6cccc7ccccc67)nc45)c23)c1C. The summed E-state index contributed by atoms with van der Waals surface area (Å²) in [4.78, 5) is 34.2. The normalized spacial score (nSPS) is 12.3. The van der Waals surface area contributed by atoms with Crippen LogP contribution in [0.4, 0.5) is 32.0 Å². The van der Waals surface area contributed by atoms with Crippen LogP contribution in [0.3, 0.4) is 0 Å². The molecule has 0 aliphatic rings. The van der Waals surface area contributed by atoms with E-state index < -0.39 is 46.8 Å². The summed E-state index contributed by atoms with van der Waals surface area (Å²) in [5.41, 5.74) is 2.99. The Morgan fingerprint density at radius 3 is 2.32 bits per heavy atom. The second kappa shape index (κ2) is 11.6. The van der Waals surface area contributed by atoms with Gasteiger partial charge in [-0.05, 0) is 42.3 Å². The van der Waals surface area contributed by atoms with Crippen LogP contribution in [0.25, 0.3) is 49.0 Å². The monoisotopic (exact) mass is 708 g/mol. The molecule has 0 aliphatic carbocycles. The molecular weight excluding hydrogens is 686 g/mol. The summed E-state index contributed by atoms with van der Waals surface area (Å²) in [6.07, 6.45) is -7.56. The first-order valence-electron chi connectivity index (χ1n) is 14.8. The van der Waals surface area contributed by atoms with Crippen molar-refractivity contribution in [2.24, 2.45) is 5.73 Å². The Morgan fingerprint density at radius 2 is 1.64 bits per heavy atom. The van der Waals surface area contributed by atoms with Gasteiger partial charge in [0, 0.05) is 28.8 Å². The highest BCUT2D eigenvalue weighted by atomic mass is 32.1. The van der Waals surface area contributed by atoms with Crippen LogP contribution in [0, 0.1) is 6.92 Å². The van der Waals surface area contributed by atoms with Crippen molar-refractivity contribution in [1.29, 1.82) is 0 Å². The summed E-state index contributed by atoms with van der Waals surface area (Å²) >= 11 is 0.526. The standard InChI is InChI=1S/C33H22F6N8O2S/c1-3-46-15(2)20(13-41-46)19-11-23(32(34,35)36)44-31-25(19)26(27(50-31)28(40)48)45-30(49)21-14-42-47-24(33(37,38)39)12-22(43-29(21)47)18-10-6-8-16-7-4-5-9-17(16)18/h4-14H,3H2,1-2H3,(H2,40,48)(H,45,49). The zero-order chi connectivity index (χ0) is 35.7. The van der Waals surface area contributed by atoms with E-state index in [1.165, 1.54) is 6.20 Å². The van der Waals surface area contributed by atoms with Gasteiger partial charge in [0.05, 0.1) is 23.8 Å². The van der Waals surface area contributed by atoms with Crippen LogP contribution in [0.15, 0.2) is 67.0 Å². The van der Waals surface area contributed by atoms with E-state index >= 15 is 0 Å². The number of aromatic nitrogens is 6. The van der Waals surface area contributed by atoms with Gasteiger partial charge in [0.2, 0.25) is 0 Å². The van der Waals surface area contributed by atoms with Crippen LogP contribution in [0.1, 0.15) is 44.0 Å². The fourth-order valence-corrected chi connectivity index (χ4v) is 6.88. The number of hydrogen-bond donors (Lipinski definition) is 2. The number of halogens is 6. The number of hydrogen-bond acceptors (Lipinski definition) is 7. The number of thiophene rings is 1. The first-order chi connectivity index (χ1) is 23.7. The molecule has 5 aromatic heterocycles. The first kappa shape index (κ1) is 32.7. The van der Waals surface area contributed by atoms with E-state index in [1.54, 1.807) is 61.0 Å². The highest BCUT2D eigenvalue weighted by Gasteiger charge is 2.38. The van der Waals surface area contributed by atoms with E-state index in [0.717, 1.165) is 23.7 Å². The number of fused-ring (bicyclic) bond motifs is 3. The zero-order valence-corrected chi connectivity index (χ0v) is 26.6. The predicted octanol–water partition coefficient (Wildman–Crippen LogP) is 7.74. The molecule has 0 fully saturated rings. The molecule has 0 bridgehead atoms. The molecule has 5 heterocycles. The van der Waals surface area contributed by atoms with Crippen LogP contribution in [0.2, 0.25) is 0 Å². The average molecular weight is 709 g/mol. The maximum atomic E-state index is 14.4. The van der Waals surface area contributed by atoms with Crippen LogP contribution in [0.5, 0.6) is 0 Å². The number of nitrogens with one attached hydrogen (secondary N) is 1. The van der Waals surface area contributed by atoms with Crippen molar-refractivity contribution < 1.29 is 35.9 Å². The van der Waals surface area contributed by atoms with Gasteiger partial charge in [0.15, 0.2) is 11.3 Å². The second-order valence-corrected chi connectivity index (χ2v) is 12.2. The Labute approximate surface area is 281 Å². The van der Waals surface area contributed by atoms with Gasteiger partial charge in [0.1, 0.15) is 21.0 Å². The number of carbonyl (C=O) groups is 2. The Balaban J connectivity index is 1.43. The lowest BCUT2D eigenvalue weighted by atomic mass is 10.0. The molecule has 0 radical (unpaired) electrons. The number of aryl methyl sites for hydroxylation is 1. The largest absolute Gasteiger partial charge is 0.433 e. The molecule has 0 saturated carbocycles. The topological polar surface area (TPSA) is 133 Å². The summed E-state index contributed by atoms with van der Waals surface area (Å²) in [6.45, 7) is 3.82. The number of pyridine rings is 1. The van der Waals surface area contributed by atoms with Gasteiger partial charge in [0.25, 0.3) is 11.8 Å². The lowest BCUT2D eigenvalue weighted by Crippen LogP contribution is -2.18. The van der Waals surface area contributed by atoms with Gasteiger partial charge >= 0.3 is 12.4 Å². The number of amides is 2. The maximum absolute atomic E-state index is 14.4. The van der Waals surface area contributed by atoms with E-state index in [1.807, 2.05) is 0 Å². The van der Waals surface area contributed by atoms with Gasteiger partial charge < -0.3 is 11.1 Å². The Kier molecular flexibility index (Phi) is 7.62. The van der Waals surface area contributed by atoms with Crippen molar-refractivity contribution in [1.82, 2.24) is 29.4 Å². The molecule has 10 nitrogen and oxygen atoms in total. The molecule has 0 aliphatic heterocycles. The summed E-state index contributed by atoms with van der Waals surface area (Å²) in [5.74, 6) is -2.14. The molecule has 0 unspecified atom stereocenters. The summed E-state index contributed by atoms with van der Waals surface area (Å²) in [7, 11) is 0. The highest BCUT2D eigenvalue weighted by Crippen LogP contribution is 2.45. The second-order valence-electron chi connectivity index (χ2n) is 11.2. The van der Waals surface area contributed by atoms with E-state index in [-0.39, 0.29) is 37.6 Å². The number of alkyl halides is 6. The predicted molar refractivity (Wildman–Crippen MR) is 174 cm³/mol. The molecule has 3 N–H and O–H groups in total. The first-order valence-corrected chi connectivity index (χ1v) is 15.6. The summed E-state index contributed by atoms with van der Waals surface area (Å²) in [6, 6.07) is 13.7. The molecule has 7 aromatic rings. The molecule has 0 spiro atoms. The van der Waals surface area contributed by atoms with Crippen LogP contribution in [-0.4, -0.2) is 41.2 Å². The van der Waals surface area contributed by atoms with E-state index in [4.69, 9.17) is 5.73 Å². The maximum Gasteiger partial charge on any atom is 0.433 e. The van der Waals surface area contributed by atoms with Crippen LogP contribution < -0.4 is 11.1 Å². The molecule has 0 saturated heterocycles. The number of rotatable bonds is 6. The summed E-state index contributed by atoms with van der Waals surface area (Å²) < 4.78 is 87.3. The fourth-order valence-electron chi connectivity index (χ4n) is 5.87. The molecule has 50 heavy (non-hydrogen) atoms. The molecule has 17 heteroatoms. The van der Waals surface area contributed by atoms with E-state index in [2.05, 4.69) is 25.5 Å². The van der Waals surface area contributed by atoms with E-state index in [9.17, 15) is 35.9 Å². The smallest absolute Gasteiger partial charge is 0.365 e. The van der Waals surface area contributed by atoms with Crippen molar-refractivity contribution >= 4 is 55.5 Å². The van der Waals surface area contributed by atoms with Gasteiger partial charge in [-0.15, -0.1) is 11.3 Å². The molecular formula is C33H22F6N8O2S. The van der Waals surface area contributed by atoms with Crippen LogP contribution in [-0.2, 0) is 18.9 Å². The van der Waals surface area contributed by atoms with E-state index in [0.29, 0.717) is 39.0 Å². The minimum absolute atomic E-state index is 0.0410. The summed E-state index contributed by atoms with van der Waals surface area (Å²) in [5, 5.41) is 11.9. The van der Waals surface area contributed by atoms with Gasteiger partial charge in [-0.2, -0.15) is 36.5 Å². The Hall–Kier alpha value is -5.84. The zero-order valence-electron chi connectivity index (χ0n) is 25.8. The molecule has 2 amide bonds. The average Bonchev–Trinajstić information content (AvgIpc) is 3.77. The Morgan fingerprint density at radius 1 is 0.900 bits per heavy atom. The van der Waals surface area contributed by atoms with Crippen molar-refractivity contribution in [3.63, 3.8) is 0 Å². The number of nitrogens with zero attached hydrogens (tertiary/aromatic N) is 6. The number of benzene rings is 2. The third-order valence-corrected chi connectivity index (χ3v) is 9.28. The molecule has 7 rings (SSSR count). The number of carbonyl (C=O) groups excluding carboxylic acids is 2. The van der Waals surface area contributed by atoms with Gasteiger partial charge in [-0.25, -0.2) is 14.5 Å². The third-order valence-electron chi connectivity index (χ3n) is 8.18. The van der Waals surface area contributed by atoms with Crippen molar-refractivity contribution in [2.75, 3.05) is 5.32 Å². The third kappa shape index (κ3) is 5.39. The number of nitrogens with two attached hydrogens (primary N) is 1. The number of anilines is 1. The molecule has 2 aromatic carbocycles.